The van der Waals surface area contributed by atoms with Gasteiger partial charge in [0.2, 0.25) is 0 Å². The second kappa shape index (κ2) is 5.82. The van der Waals surface area contributed by atoms with E-state index in [2.05, 4.69) is 20.3 Å². The van der Waals surface area contributed by atoms with E-state index >= 15 is 0 Å². The first-order valence-electron chi connectivity index (χ1n) is 6.03. The highest BCUT2D eigenvalue weighted by Crippen LogP contribution is 2.20. The average molecular weight is 240 g/mol. The summed E-state index contributed by atoms with van der Waals surface area (Å²) in [5, 5.41) is 3.25. The van der Waals surface area contributed by atoms with E-state index in [1.807, 2.05) is 56.4 Å². The minimum atomic E-state index is 0.793. The third-order valence-corrected chi connectivity index (χ3v) is 2.38. The molecule has 4 nitrogen and oxygen atoms in total. The Labute approximate surface area is 106 Å². The van der Waals surface area contributed by atoms with Gasteiger partial charge in [-0.25, -0.2) is 9.97 Å². The summed E-state index contributed by atoms with van der Waals surface area (Å²) in [6.45, 7) is 4.00. The molecule has 0 spiro atoms. The normalized spacial score (nSPS) is 9.67. The molecule has 0 bridgehead atoms. The zero-order chi connectivity index (χ0) is 12.8. The van der Waals surface area contributed by atoms with E-state index in [0.717, 1.165) is 22.5 Å². The largest absolute Gasteiger partial charge is 0.357 e. The predicted molar refractivity (Wildman–Crippen MR) is 75.0 cm³/mol. The van der Waals surface area contributed by atoms with E-state index in [4.69, 9.17) is 0 Å². The molecule has 0 aliphatic carbocycles. The maximum Gasteiger partial charge on any atom is 0.158 e. The summed E-state index contributed by atoms with van der Waals surface area (Å²) >= 11 is 0. The van der Waals surface area contributed by atoms with Crippen molar-refractivity contribution in [3.63, 3.8) is 0 Å². The van der Waals surface area contributed by atoms with Gasteiger partial charge in [0.05, 0.1) is 5.52 Å². The van der Waals surface area contributed by atoms with Crippen LogP contribution in [0, 0.1) is 0 Å². The molecule has 3 rings (SSSR count). The molecule has 0 saturated heterocycles. The molecule has 1 aromatic carbocycles. The molecule has 2 aromatic heterocycles. The highest BCUT2D eigenvalue weighted by atomic mass is 15.0. The molecule has 0 radical (unpaired) electrons. The van der Waals surface area contributed by atoms with Crippen molar-refractivity contribution in [3.05, 3.63) is 48.9 Å². The fraction of sp³-hybridized carbons (Fsp3) is 0.143. The van der Waals surface area contributed by atoms with Gasteiger partial charge in [0.1, 0.15) is 11.8 Å². The Morgan fingerprint density at radius 1 is 1.00 bits per heavy atom. The number of para-hydroxylation sites is 1. The second-order valence-corrected chi connectivity index (χ2v) is 3.45. The number of anilines is 2. The minimum Gasteiger partial charge on any atom is -0.357 e. The average Bonchev–Trinajstić information content (AvgIpc) is 2.92. The number of nitrogens with zero attached hydrogens (tertiary/aromatic N) is 2. The summed E-state index contributed by atoms with van der Waals surface area (Å²) in [5.41, 5.74) is 2.84. The zero-order valence-corrected chi connectivity index (χ0v) is 10.5. The van der Waals surface area contributed by atoms with Crippen LogP contribution in [0.5, 0.6) is 0 Å². The summed E-state index contributed by atoms with van der Waals surface area (Å²) in [6, 6.07) is 11.9. The number of hydrogen-bond donors (Lipinski definition) is 2. The number of H-pyrrole nitrogens is 1. The topological polar surface area (TPSA) is 53.6 Å². The van der Waals surface area contributed by atoms with Crippen molar-refractivity contribution < 1.29 is 0 Å². The number of fused-ring (bicyclic) bond motifs is 1. The van der Waals surface area contributed by atoms with Crippen LogP contribution in [-0.4, -0.2) is 15.0 Å². The van der Waals surface area contributed by atoms with Crippen LogP contribution in [0.1, 0.15) is 13.8 Å². The summed E-state index contributed by atoms with van der Waals surface area (Å²) in [6.07, 6.45) is 3.41. The molecule has 18 heavy (non-hydrogen) atoms. The molecule has 2 heterocycles. The molecule has 3 aromatic rings. The Kier molecular flexibility index (Phi) is 3.91. The molecule has 92 valence electrons. The van der Waals surface area contributed by atoms with Gasteiger partial charge in [0.15, 0.2) is 5.82 Å². The first-order chi connectivity index (χ1) is 8.93. The van der Waals surface area contributed by atoms with Gasteiger partial charge >= 0.3 is 0 Å². The van der Waals surface area contributed by atoms with Crippen molar-refractivity contribution in [2.45, 2.75) is 13.8 Å². The SMILES string of the molecule is CC.c1ccc(Nc2ncnc3cc[nH]c23)cc1. The van der Waals surface area contributed by atoms with Crippen LogP contribution in [0.3, 0.4) is 0 Å². The molecular weight excluding hydrogens is 224 g/mol. The Morgan fingerprint density at radius 3 is 2.56 bits per heavy atom. The maximum absolute atomic E-state index is 4.22. The van der Waals surface area contributed by atoms with E-state index in [0.29, 0.717) is 0 Å². The fourth-order valence-corrected chi connectivity index (χ4v) is 1.62. The van der Waals surface area contributed by atoms with Gasteiger partial charge in [0.25, 0.3) is 0 Å². The van der Waals surface area contributed by atoms with Gasteiger partial charge in [-0.1, -0.05) is 32.0 Å². The van der Waals surface area contributed by atoms with Crippen molar-refractivity contribution in [2.24, 2.45) is 0 Å². The quantitative estimate of drug-likeness (QED) is 0.717. The van der Waals surface area contributed by atoms with E-state index in [1.165, 1.54) is 0 Å². The number of aromatic nitrogens is 3. The van der Waals surface area contributed by atoms with Crippen LogP contribution >= 0.6 is 0 Å². The molecule has 0 aliphatic rings. The first-order valence-corrected chi connectivity index (χ1v) is 6.03. The van der Waals surface area contributed by atoms with E-state index in [1.54, 1.807) is 6.33 Å². The van der Waals surface area contributed by atoms with Crippen LogP contribution in [0.25, 0.3) is 11.0 Å². The van der Waals surface area contributed by atoms with E-state index in [-0.39, 0.29) is 0 Å². The Bertz CT molecular complexity index is 601. The highest BCUT2D eigenvalue weighted by Gasteiger charge is 2.03. The van der Waals surface area contributed by atoms with Crippen LogP contribution in [0.2, 0.25) is 0 Å². The number of hydrogen-bond acceptors (Lipinski definition) is 3. The van der Waals surface area contributed by atoms with Gasteiger partial charge in [-0.2, -0.15) is 0 Å². The lowest BCUT2D eigenvalue weighted by Crippen LogP contribution is -1.94. The minimum absolute atomic E-state index is 0.793. The van der Waals surface area contributed by atoms with E-state index < -0.39 is 0 Å². The zero-order valence-electron chi connectivity index (χ0n) is 10.5. The van der Waals surface area contributed by atoms with Gasteiger partial charge in [-0.15, -0.1) is 0 Å². The summed E-state index contributed by atoms with van der Waals surface area (Å²) in [7, 11) is 0. The first kappa shape index (κ1) is 12.1. The Morgan fingerprint density at radius 2 is 1.78 bits per heavy atom. The van der Waals surface area contributed by atoms with Crippen LogP contribution in [-0.2, 0) is 0 Å². The maximum atomic E-state index is 4.22. The molecule has 0 unspecified atom stereocenters. The van der Waals surface area contributed by atoms with Crippen molar-refractivity contribution >= 4 is 22.5 Å². The molecule has 0 amide bonds. The molecule has 0 fully saturated rings. The Hall–Kier alpha value is -2.36. The van der Waals surface area contributed by atoms with Gasteiger partial charge in [-0.3, -0.25) is 0 Å². The number of rotatable bonds is 2. The third-order valence-electron chi connectivity index (χ3n) is 2.38. The van der Waals surface area contributed by atoms with Crippen molar-refractivity contribution in [2.75, 3.05) is 5.32 Å². The highest BCUT2D eigenvalue weighted by molar-refractivity contribution is 5.87. The Balaban J connectivity index is 0.000000574. The van der Waals surface area contributed by atoms with Gasteiger partial charge in [-0.05, 0) is 18.2 Å². The van der Waals surface area contributed by atoms with Crippen LogP contribution < -0.4 is 5.32 Å². The standard InChI is InChI=1S/C12H10N4.C2H6/c1-2-4-9(5-3-1)16-12-11-10(6-7-13-11)14-8-15-12;1-2/h1-8,13H,(H,14,15,16);1-2H3. The number of nitrogens with one attached hydrogen (secondary N) is 2. The molecule has 0 saturated carbocycles. The molecule has 4 heteroatoms. The van der Waals surface area contributed by atoms with E-state index in [9.17, 15) is 0 Å². The van der Waals surface area contributed by atoms with Crippen molar-refractivity contribution in [1.29, 1.82) is 0 Å². The molecule has 0 aliphatic heterocycles. The fourth-order valence-electron chi connectivity index (χ4n) is 1.62. The summed E-state index contributed by atoms with van der Waals surface area (Å²) in [5.74, 6) is 0.793. The monoisotopic (exact) mass is 240 g/mol. The second-order valence-electron chi connectivity index (χ2n) is 3.45. The van der Waals surface area contributed by atoms with Crippen LogP contribution in [0.15, 0.2) is 48.9 Å². The molecule has 2 N–H and O–H groups in total. The predicted octanol–water partition coefficient (Wildman–Crippen LogP) is 3.73. The lowest BCUT2D eigenvalue weighted by molar-refractivity contribution is 1.21. The summed E-state index contributed by atoms with van der Waals surface area (Å²) in [4.78, 5) is 11.5. The number of benzene rings is 1. The van der Waals surface area contributed by atoms with Gasteiger partial charge < -0.3 is 10.3 Å². The summed E-state index contributed by atoms with van der Waals surface area (Å²) < 4.78 is 0. The van der Waals surface area contributed by atoms with Crippen LogP contribution in [0.4, 0.5) is 11.5 Å². The smallest absolute Gasteiger partial charge is 0.158 e. The van der Waals surface area contributed by atoms with Crippen molar-refractivity contribution in [1.82, 2.24) is 15.0 Å². The third kappa shape index (κ3) is 2.48. The molecule has 0 atom stereocenters. The van der Waals surface area contributed by atoms with Gasteiger partial charge in [0, 0.05) is 11.9 Å². The number of aromatic amines is 1. The molecular formula is C14H16N4. The lowest BCUT2D eigenvalue weighted by Gasteiger charge is -2.05. The lowest BCUT2D eigenvalue weighted by atomic mass is 10.3. The van der Waals surface area contributed by atoms with Crippen molar-refractivity contribution in [3.8, 4) is 0 Å².